The number of hydrogen-bond acceptors (Lipinski definition) is 3. The van der Waals surface area contributed by atoms with Crippen LogP contribution in [0.5, 0.6) is 0 Å². The lowest BCUT2D eigenvalue weighted by Gasteiger charge is -2.12. The summed E-state index contributed by atoms with van der Waals surface area (Å²) in [7, 11) is 0. The standard InChI is InChI=1S/C24H20BrN3O2/c1-16-24(30)28(15-17-6-3-2-4-7-17)22-11-10-19(13-21(22)27-16)23(29)26-14-18-8-5-9-20(25)12-18/h2-13H,14-15H2,1H3,(H,26,29). The third kappa shape index (κ3) is 4.33. The maximum absolute atomic E-state index is 12.7. The highest BCUT2D eigenvalue weighted by atomic mass is 79.9. The molecule has 1 heterocycles. The topological polar surface area (TPSA) is 64.0 Å². The van der Waals surface area contributed by atoms with Crippen molar-refractivity contribution >= 4 is 32.9 Å². The Morgan fingerprint density at radius 3 is 2.53 bits per heavy atom. The van der Waals surface area contributed by atoms with Gasteiger partial charge in [0.05, 0.1) is 17.6 Å². The van der Waals surface area contributed by atoms with Gasteiger partial charge in [-0.05, 0) is 48.4 Å². The molecule has 0 aliphatic carbocycles. The Morgan fingerprint density at radius 2 is 1.77 bits per heavy atom. The van der Waals surface area contributed by atoms with Crippen LogP contribution >= 0.6 is 15.9 Å². The van der Waals surface area contributed by atoms with Crippen LogP contribution in [0.3, 0.4) is 0 Å². The molecule has 1 aromatic heterocycles. The summed E-state index contributed by atoms with van der Waals surface area (Å²) in [5.41, 5.74) is 4.15. The number of aromatic nitrogens is 2. The van der Waals surface area contributed by atoms with Crippen molar-refractivity contribution in [2.75, 3.05) is 0 Å². The molecule has 6 heteroatoms. The lowest BCUT2D eigenvalue weighted by molar-refractivity contribution is 0.0951. The summed E-state index contributed by atoms with van der Waals surface area (Å²) >= 11 is 3.44. The third-order valence-corrected chi connectivity index (χ3v) is 5.39. The summed E-state index contributed by atoms with van der Waals surface area (Å²) in [6.45, 7) is 2.58. The van der Waals surface area contributed by atoms with E-state index in [4.69, 9.17) is 0 Å². The lowest BCUT2D eigenvalue weighted by Crippen LogP contribution is -2.25. The number of carbonyl (C=O) groups is 1. The van der Waals surface area contributed by atoms with Crippen molar-refractivity contribution in [2.45, 2.75) is 20.0 Å². The Kier molecular flexibility index (Phi) is 5.77. The molecule has 0 aliphatic heterocycles. The molecule has 0 aliphatic rings. The van der Waals surface area contributed by atoms with Gasteiger partial charge in [0.2, 0.25) is 0 Å². The predicted molar refractivity (Wildman–Crippen MR) is 122 cm³/mol. The number of aryl methyl sites for hydroxylation is 1. The van der Waals surface area contributed by atoms with Crippen LogP contribution in [0.1, 0.15) is 27.2 Å². The minimum atomic E-state index is -0.183. The molecule has 4 rings (SSSR count). The van der Waals surface area contributed by atoms with E-state index in [0.29, 0.717) is 35.4 Å². The van der Waals surface area contributed by atoms with E-state index in [0.717, 1.165) is 15.6 Å². The van der Waals surface area contributed by atoms with Crippen molar-refractivity contribution in [3.05, 3.63) is 110 Å². The maximum Gasteiger partial charge on any atom is 0.272 e. The molecule has 30 heavy (non-hydrogen) atoms. The molecule has 0 fully saturated rings. The SMILES string of the molecule is Cc1nc2cc(C(=O)NCc3cccc(Br)c3)ccc2n(Cc2ccccc2)c1=O. The first-order valence-corrected chi connectivity index (χ1v) is 10.4. The highest BCUT2D eigenvalue weighted by Gasteiger charge is 2.12. The summed E-state index contributed by atoms with van der Waals surface area (Å²) in [5, 5.41) is 2.93. The second kappa shape index (κ2) is 8.63. The van der Waals surface area contributed by atoms with Crippen LogP contribution in [0.15, 0.2) is 82.1 Å². The van der Waals surface area contributed by atoms with Crippen LogP contribution in [-0.4, -0.2) is 15.5 Å². The van der Waals surface area contributed by atoms with Crippen molar-refractivity contribution in [3.8, 4) is 0 Å². The minimum Gasteiger partial charge on any atom is -0.348 e. The molecule has 150 valence electrons. The van der Waals surface area contributed by atoms with Crippen LogP contribution in [-0.2, 0) is 13.1 Å². The van der Waals surface area contributed by atoms with E-state index in [1.165, 1.54) is 0 Å². The average molecular weight is 462 g/mol. The van der Waals surface area contributed by atoms with Crippen LogP contribution in [0.2, 0.25) is 0 Å². The van der Waals surface area contributed by atoms with E-state index < -0.39 is 0 Å². The summed E-state index contributed by atoms with van der Waals surface area (Å²) in [4.78, 5) is 29.8. The number of carbonyl (C=O) groups excluding carboxylic acids is 1. The molecule has 5 nitrogen and oxygen atoms in total. The predicted octanol–water partition coefficient (Wildman–Crippen LogP) is 4.45. The Hall–Kier alpha value is -3.25. The van der Waals surface area contributed by atoms with Crippen molar-refractivity contribution in [1.82, 2.24) is 14.9 Å². The van der Waals surface area contributed by atoms with E-state index >= 15 is 0 Å². The fraction of sp³-hybridized carbons (Fsp3) is 0.125. The molecule has 1 amide bonds. The Labute approximate surface area is 182 Å². The number of rotatable bonds is 5. The number of nitrogens with one attached hydrogen (secondary N) is 1. The maximum atomic E-state index is 12.7. The van der Waals surface area contributed by atoms with E-state index in [2.05, 4.69) is 26.2 Å². The summed E-state index contributed by atoms with van der Waals surface area (Å²) in [6.07, 6.45) is 0. The molecule has 0 radical (unpaired) electrons. The van der Waals surface area contributed by atoms with Gasteiger partial charge in [-0.2, -0.15) is 0 Å². The second-order valence-corrected chi connectivity index (χ2v) is 8.01. The zero-order valence-corrected chi connectivity index (χ0v) is 18.0. The van der Waals surface area contributed by atoms with Gasteiger partial charge in [0.25, 0.3) is 11.5 Å². The van der Waals surface area contributed by atoms with Gasteiger partial charge in [-0.3, -0.25) is 9.59 Å². The normalized spacial score (nSPS) is 10.9. The largest absolute Gasteiger partial charge is 0.348 e. The number of amides is 1. The second-order valence-electron chi connectivity index (χ2n) is 7.09. The minimum absolute atomic E-state index is 0.127. The molecule has 0 atom stereocenters. The molecular weight excluding hydrogens is 442 g/mol. The van der Waals surface area contributed by atoms with Crippen molar-refractivity contribution in [2.24, 2.45) is 0 Å². The Morgan fingerprint density at radius 1 is 1.00 bits per heavy atom. The first-order chi connectivity index (χ1) is 14.5. The van der Waals surface area contributed by atoms with Gasteiger partial charge in [0.1, 0.15) is 5.69 Å². The van der Waals surface area contributed by atoms with Crippen molar-refractivity contribution in [1.29, 1.82) is 0 Å². The zero-order valence-electron chi connectivity index (χ0n) is 16.4. The van der Waals surface area contributed by atoms with Crippen LogP contribution in [0.25, 0.3) is 11.0 Å². The van der Waals surface area contributed by atoms with Crippen LogP contribution in [0.4, 0.5) is 0 Å². The monoisotopic (exact) mass is 461 g/mol. The van der Waals surface area contributed by atoms with Crippen molar-refractivity contribution in [3.63, 3.8) is 0 Å². The molecule has 0 saturated carbocycles. The average Bonchev–Trinajstić information content (AvgIpc) is 2.75. The highest BCUT2D eigenvalue weighted by Crippen LogP contribution is 2.16. The fourth-order valence-corrected chi connectivity index (χ4v) is 3.82. The van der Waals surface area contributed by atoms with Gasteiger partial charge in [-0.1, -0.05) is 58.4 Å². The van der Waals surface area contributed by atoms with Gasteiger partial charge in [0.15, 0.2) is 0 Å². The first-order valence-electron chi connectivity index (χ1n) is 9.59. The summed E-state index contributed by atoms with van der Waals surface area (Å²) in [5.74, 6) is -0.183. The van der Waals surface area contributed by atoms with Crippen LogP contribution in [0, 0.1) is 6.92 Å². The molecule has 1 N–H and O–H groups in total. The molecule has 0 unspecified atom stereocenters. The van der Waals surface area contributed by atoms with Gasteiger partial charge in [-0.15, -0.1) is 0 Å². The number of benzene rings is 3. The summed E-state index contributed by atoms with van der Waals surface area (Å²) in [6, 6.07) is 22.9. The molecule has 4 aromatic rings. The van der Waals surface area contributed by atoms with Gasteiger partial charge in [-0.25, -0.2) is 4.98 Å². The summed E-state index contributed by atoms with van der Waals surface area (Å²) < 4.78 is 2.67. The van der Waals surface area contributed by atoms with Crippen LogP contribution < -0.4 is 10.9 Å². The molecular formula is C24H20BrN3O2. The fourth-order valence-electron chi connectivity index (χ4n) is 3.37. The number of hydrogen-bond donors (Lipinski definition) is 1. The zero-order chi connectivity index (χ0) is 21.1. The van der Waals surface area contributed by atoms with Gasteiger partial charge >= 0.3 is 0 Å². The number of fused-ring (bicyclic) bond motifs is 1. The van der Waals surface area contributed by atoms with Gasteiger partial charge < -0.3 is 9.88 Å². The first kappa shape index (κ1) is 20.0. The third-order valence-electron chi connectivity index (χ3n) is 4.90. The smallest absolute Gasteiger partial charge is 0.272 e. The molecule has 3 aromatic carbocycles. The number of halogens is 1. The van der Waals surface area contributed by atoms with Crippen molar-refractivity contribution < 1.29 is 4.79 Å². The Balaban J connectivity index is 1.63. The molecule has 0 saturated heterocycles. The Bertz CT molecular complexity index is 1280. The quantitative estimate of drug-likeness (QED) is 0.477. The lowest BCUT2D eigenvalue weighted by atomic mass is 10.1. The van der Waals surface area contributed by atoms with E-state index in [-0.39, 0.29) is 11.5 Å². The molecule has 0 bridgehead atoms. The van der Waals surface area contributed by atoms with E-state index in [1.807, 2.05) is 54.6 Å². The highest BCUT2D eigenvalue weighted by molar-refractivity contribution is 9.10. The van der Waals surface area contributed by atoms with E-state index in [9.17, 15) is 9.59 Å². The van der Waals surface area contributed by atoms with Gasteiger partial charge in [0, 0.05) is 16.6 Å². The van der Waals surface area contributed by atoms with E-state index in [1.54, 1.807) is 29.7 Å². The molecule has 0 spiro atoms. The number of nitrogens with zero attached hydrogens (tertiary/aromatic N) is 2.